The molecule has 2 aliphatic rings. The molecule has 1 aromatic carbocycles. The van der Waals surface area contributed by atoms with Gasteiger partial charge in [0.2, 0.25) is 0 Å². The van der Waals surface area contributed by atoms with Crippen molar-refractivity contribution in [2.24, 2.45) is 0 Å². The van der Waals surface area contributed by atoms with Gasteiger partial charge in [-0.15, -0.1) is 11.3 Å². The van der Waals surface area contributed by atoms with Gasteiger partial charge in [0.1, 0.15) is 10.5 Å². The van der Waals surface area contributed by atoms with Crippen LogP contribution in [-0.4, -0.2) is 40.9 Å². The lowest BCUT2D eigenvalue weighted by Gasteiger charge is -2.31. The average molecular weight is 354 g/mol. The number of fused-ring (bicyclic) bond motifs is 3. The van der Waals surface area contributed by atoms with Crippen molar-refractivity contribution < 1.29 is 9.21 Å². The van der Waals surface area contributed by atoms with Crippen molar-refractivity contribution in [1.29, 1.82) is 0 Å². The van der Waals surface area contributed by atoms with Gasteiger partial charge < -0.3 is 14.6 Å². The third kappa shape index (κ3) is 2.46. The van der Waals surface area contributed by atoms with Crippen LogP contribution in [0.3, 0.4) is 0 Å². The predicted molar refractivity (Wildman–Crippen MR) is 97.3 cm³/mol. The number of thiazole rings is 1. The number of benzene rings is 1. The van der Waals surface area contributed by atoms with Crippen LogP contribution in [0.15, 0.2) is 28.1 Å². The van der Waals surface area contributed by atoms with Crippen molar-refractivity contribution in [3.63, 3.8) is 0 Å². The highest BCUT2D eigenvalue weighted by Crippen LogP contribution is 2.36. The molecule has 25 heavy (non-hydrogen) atoms. The van der Waals surface area contributed by atoms with E-state index < -0.39 is 0 Å². The Hall–Kier alpha value is -2.25. The molecule has 1 N–H and O–H groups in total. The molecule has 7 heteroatoms. The molecule has 0 saturated carbocycles. The van der Waals surface area contributed by atoms with Crippen molar-refractivity contribution in [2.45, 2.75) is 31.8 Å². The molecule has 2 atom stereocenters. The standard InChI is InChI=1S/C18H18N4O2S/c1-10(23)13-4-5-14(17-19-6-7-25-17)16-15(13)21-18(24-16)22-8-11-2-3-12(9-22)20-11/h4-7,11-12,20H,2-3,8-9H2,1H3. The maximum Gasteiger partial charge on any atom is 0.298 e. The number of ketones is 1. The van der Waals surface area contributed by atoms with Crippen LogP contribution in [0.2, 0.25) is 0 Å². The van der Waals surface area contributed by atoms with Crippen molar-refractivity contribution in [2.75, 3.05) is 18.0 Å². The summed E-state index contributed by atoms with van der Waals surface area (Å²) in [5.41, 5.74) is 2.79. The number of nitrogens with zero attached hydrogens (tertiary/aromatic N) is 3. The van der Waals surface area contributed by atoms with Crippen molar-refractivity contribution >= 4 is 34.2 Å². The molecule has 0 spiro atoms. The number of rotatable bonds is 3. The van der Waals surface area contributed by atoms with Crippen LogP contribution < -0.4 is 10.2 Å². The summed E-state index contributed by atoms with van der Waals surface area (Å²) in [6, 6.07) is 5.35. The Bertz CT molecular complexity index is 938. The minimum atomic E-state index is -0.00378. The predicted octanol–water partition coefficient (Wildman–Crippen LogP) is 3.09. The fourth-order valence-corrected chi connectivity index (χ4v) is 4.55. The number of anilines is 1. The van der Waals surface area contributed by atoms with Gasteiger partial charge in [-0.05, 0) is 31.9 Å². The third-order valence-electron chi connectivity index (χ3n) is 5.06. The number of nitrogens with one attached hydrogen (secondary N) is 1. The first-order valence-electron chi connectivity index (χ1n) is 8.54. The quantitative estimate of drug-likeness (QED) is 0.729. The number of piperazine rings is 1. The summed E-state index contributed by atoms with van der Waals surface area (Å²) in [7, 11) is 0. The monoisotopic (exact) mass is 354 g/mol. The van der Waals surface area contributed by atoms with E-state index in [0.717, 1.165) is 23.7 Å². The van der Waals surface area contributed by atoms with E-state index in [2.05, 4.69) is 15.2 Å². The van der Waals surface area contributed by atoms with Gasteiger partial charge >= 0.3 is 0 Å². The molecule has 2 fully saturated rings. The molecule has 4 heterocycles. The first-order chi connectivity index (χ1) is 12.2. The van der Waals surface area contributed by atoms with Gasteiger partial charge in [-0.3, -0.25) is 4.79 Å². The van der Waals surface area contributed by atoms with Crippen molar-refractivity contribution in [3.05, 3.63) is 29.3 Å². The minimum Gasteiger partial charge on any atom is -0.423 e. The zero-order valence-corrected chi connectivity index (χ0v) is 14.7. The summed E-state index contributed by atoms with van der Waals surface area (Å²) < 4.78 is 6.18. The largest absolute Gasteiger partial charge is 0.423 e. The van der Waals surface area contributed by atoms with Crippen molar-refractivity contribution in [1.82, 2.24) is 15.3 Å². The first-order valence-corrected chi connectivity index (χ1v) is 9.42. The summed E-state index contributed by atoms with van der Waals surface area (Å²) >= 11 is 1.55. The van der Waals surface area contributed by atoms with E-state index in [4.69, 9.17) is 9.40 Å². The van der Waals surface area contributed by atoms with Crippen LogP contribution in [-0.2, 0) is 0 Å². The zero-order valence-electron chi connectivity index (χ0n) is 13.9. The lowest BCUT2D eigenvalue weighted by molar-refractivity contribution is 0.101. The molecule has 2 saturated heterocycles. The maximum absolute atomic E-state index is 12.0. The number of Topliss-reactive ketones (excluding diaryl/α,β-unsaturated/α-hetero) is 1. The second kappa shape index (κ2) is 5.64. The van der Waals surface area contributed by atoms with Gasteiger partial charge in [0.05, 0.1) is 5.56 Å². The average Bonchev–Trinajstić information content (AvgIpc) is 3.33. The zero-order chi connectivity index (χ0) is 17.0. The highest BCUT2D eigenvalue weighted by atomic mass is 32.1. The number of hydrogen-bond acceptors (Lipinski definition) is 7. The second-order valence-electron chi connectivity index (χ2n) is 6.77. The second-order valence-corrected chi connectivity index (χ2v) is 7.67. The van der Waals surface area contributed by atoms with Crippen LogP contribution in [0.25, 0.3) is 21.7 Å². The van der Waals surface area contributed by atoms with Gasteiger partial charge in [-0.1, -0.05) is 0 Å². The van der Waals surface area contributed by atoms with Gasteiger partial charge in [0.15, 0.2) is 11.4 Å². The fraction of sp³-hybridized carbons (Fsp3) is 0.389. The molecule has 2 unspecified atom stereocenters. The highest BCUT2D eigenvalue weighted by Gasteiger charge is 2.34. The third-order valence-corrected chi connectivity index (χ3v) is 5.87. The number of carbonyl (C=O) groups excluding carboxylic acids is 1. The lowest BCUT2D eigenvalue weighted by atomic mass is 10.1. The van der Waals surface area contributed by atoms with Gasteiger partial charge in [0.25, 0.3) is 6.01 Å². The van der Waals surface area contributed by atoms with E-state index >= 15 is 0 Å². The summed E-state index contributed by atoms with van der Waals surface area (Å²) in [4.78, 5) is 23.3. The van der Waals surface area contributed by atoms with Gasteiger partial charge in [-0.25, -0.2) is 4.98 Å². The van der Waals surface area contributed by atoms with Crippen LogP contribution >= 0.6 is 11.3 Å². The summed E-state index contributed by atoms with van der Waals surface area (Å²) in [6.45, 7) is 3.36. The van der Waals surface area contributed by atoms with Crippen LogP contribution in [0.4, 0.5) is 6.01 Å². The van der Waals surface area contributed by atoms with E-state index in [1.54, 1.807) is 24.5 Å². The summed E-state index contributed by atoms with van der Waals surface area (Å²) in [6.07, 6.45) is 4.17. The lowest BCUT2D eigenvalue weighted by Crippen LogP contribution is -2.51. The fourth-order valence-electron chi connectivity index (χ4n) is 3.89. The number of oxazole rings is 1. The van der Waals surface area contributed by atoms with E-state index in [-0.39, 0.29) is 5.78 Å². The van der Waals surface area contributed by atoms with Gasteiger partial charge in [-0.2, -0.15) is 4.98 Å². The molecule has 128 valence electrons. The Morgan fingerprint density at radius 3 is 2.80 bits per heavy atom. The molecule has 5 rings (SSSR count). The van der Waals surface area contributed by atoms with E-state index in [1.165, 1.54) is 12.8 Å². The Balaban J connectivity index is 1.65. The molecule has 0 radical (unpaired) electrons. The van der Waals surface area contributed by atoms with Crippen molar-refractivity contribution in [3.8, 4) is 10.6 Å². The highest BCUT2D eigenvalue weighted by molar-refractivity contribution is 7.13. The molecule has 0 amide bonds. The smallest absolute Gasteiger partial charge is 0.298 e. The molecule has 3 aromatic rings. The van der Waals surface area contributed by atoms with E-state index in [0.29, 0.717) is 34.8 Å². The Labute approximate surface area is 148 Å². The van der Waals surface area contributed by atoms with E-state index in [9.17, 15) is 4.79 Å². The van der Waals surface area contributed by atoms with Crippen LogP contribution in [0.5, 0.6) is 0 Å². The molecule has 6 nitrogen and oxygen atoms in total. The number of carbonyl (C=O) groups is 1. The number of aromatic nitrogens is 2. The van der Waals surface area contributed by atoms with Crippen LogP contribution in [0, 0.1) is 0 Å². The number of hydrogen-bond donors (Lipinski definition) is 1. The Morgan fingerprint density at radius 1 is 1.32 bits per heavy atom. The molecule has 0 aliphatic carbocycles. The van der Waals surface area contributed by atoms with Gasteiger partial charge in [0, 0.05) is 42.3 Å². The molecule has 2 bridgehead atoms. The Kier molecular flexibility index (Phi) is 3.39. The molecular weight excluding hydrogens is 336 g/mol. The SMILES string of the molecule is CC(=O)c1ccc(-c2nccs2)c2oc(N3CC4CCC(C3)N4)nc12. The normalized spacial score (nSPS) is 22.7. The van der Waals surface area contributed by atoms with Crippen LogP contribution in [0.1, 0.15) is 30.1 Å². The molecular formula is C18H18N4O2S. The molecule has 2 aliphatic heterocycles. The van der Waals surface area contributed by atoms with E-state index in [1.807, 2.05) is 17.5 Å². The summed E-state index contributed by atoms with van der Waals surface area (Å²) in [5.74, 6) is -0.00378. The topological polar surface area (TPSA) is 71.3 Å². The maximum atomic E-state index is 12.0. The Morgan fingerprint density at radius 2 is 2.12 bits per heavy atom. The minimum absolute atomic E-state index is 0.00378. The summed E-state index contributed by atoms with van der Waals surface area (Å²) in [5, 5.41) is 6.43. The molecule has 2 aromatic heterocycles. The first kappa shape index (κ1) is 15.0.